The number of hydrogen-bond donors (Lipinski definition) is 2. The predicted octanol–water partition coefficient (Wildman–Crippen LogP) is 1.95. The van der Waals surface area contributed by atoms with Crippen LogP contribution >= 0.6 is 24.4 Å². The Morgan fingerprint density at radius 3 is 2.96 bits per heavy atom. The SMILES string of the molecule is CC1(C)SCN(C(=O)[C@@H](CS)CC2=CC=CC3OC23)[C@H]1C(=O)O. The maximum atomic E-state index is 12.9. The molecule has 5 nitrogen and oxygen atoms in total. The number of rotatable bonds is 5. The van der Waals surface area contributed by atoms with Crippen LogP contribution in [0.1, 0.15) is 20.3 Å². The molecule has 0 spiro atoms. The van der Waals surface area contributed by atoms with Crippen molar-refractivity contribution in [2.45, 2.75) is 43.3 Å². The highest BCUT2D eigenvalue weighted by atomic mass is 32.2. The minimum absolute atomic E-state index is 0.0925. The molecule has 2 saturated heterocycles. The second-order valence-corrected chi connectivity index (χ2v) is 8.62. The van der Waals surface area contributed by atoms with Crippen LogP contribution in [0.15, 0.2) is 23.8 Å². The van der Waals surface area contributed by atoms with Crippen molar-refractivity contribution in [1.82, 2.24) is 4.90 Å². The Bertz CT molecular complexity index is 587. The predicted molar refractivity (Wildman–Crippen MR) is 92.7 cm³/mol. The molecule has 2 heterocycles. The standard InChI is InChI=1S/C16H21NO4S2/c1-16(2)13(15(19)20)17(8-23-16)14(18)10(7-22)6-9-4-3-5-11-12(9)21-11/h3-5,10-13,22H,6-8H2,1-2H3,(H,19,20)/t10-,11?,12?,13+/m1/s1. The van der Waals surface area contributed by atoms with E-state index in [-0.39, 0.29) is 24.0 Å². The summed E-state index contributed by atoms with van der Waals surface area (Å²) in [4.78, 5) is 26.0. The summed E-state index contributed by atoms with van der Waals surface area (Å²) in [5.41, 5.74) is 1.10. The normalized spacial score (nSPS) is 32.2. The van der Waals surface area contributed by atoms with E-state index in [0.717, 1.165) is 5.57 Å². The topological polar surface area (TPSA) is 70.1 Å². The van der Waals surface area contributed by atoms with Gasteiger partial charge in [0, 0.05) is 10.5 Å². The highest BCUT2D eigenvalue weighted by Gasteiger charge is 2.49. The molecule has 0 bridgehead atoms. The molecule has 0 aromatic heterocycles. The molecule has 0 saturated carbocycles. The molecule has 0 radical (unpaired) electrons. The van der Waals surface area contributed by atoms with Gasteiger partial charge in [0.1, 0.15) is 18.2 Å². The van der Waals surface area contributed by atoms with Crippen molar-refractivity contribution in [2.75, 3.05) is 11.6 Å². The van der Waals surface area contributed by atoms with Gasteiger partial charge in [0.05, 0.1) is 11.8 Å². The van der Waals surface area contributed by atoms with E-state index in [1.165, 1.54) is 16.7 Å². The Balaban J connectivity index is 1.73. The summed E-state index contributed by atoms with van der Waals surface area (Å²) in [6.45, 7) is 3.74. The van der Waals surface area contributed by atoms with Crippen LogP contribution in [0.3, 0.4) is 0 Å². The second-order valence-electron chi connectivity index (χ2n) is 6.66. The molecule has 23 heavy (non-hydrogen) atoms. The molecule has 1 N–H and O–H groups in total. The molecule has 1 amide bonds. The zero-order valence-electron chi connectivity index (χ0n) is 13.1. The number of fused-ring (bicyclic) bond motifs is 1. The van der Waals surface area contributed by atoms with Crippen molar-refractivity contribution in [3.8, 4) is 0 Å². The minimum atomic E-state index is -0.948. The average Bonchev–Trinajstić information content (AvgIpc) is 3.21. The lowest BCUT2D eigenvalue weighted by Gasteiger charge is -2.30. The molecule has 0 aromatic carbocycles. The number of allylic oxidation sites excluding steroid dienone is 2. The van der Waals surface area contributed by atoms with E-state index < -0.39 is 16.8 Å². The first-order valence-corrected chi connectivity index (χ1v) is 9.28. The molecule has 7 heteroatoms. The second kappa shape index (κ2) is 6.18. The summed E-state index contributed by atoms with van der Waals surface area (Å²) in [5.74, 6) is -0.591. The van der Waals surface area contributed by atoms with Gasteiger partial charge in [0.2, 0.25) is 5.91 Å². The van der Waals surface area contributed by atoms with Crippen LogP contribution in [-0.2, 0) is 14.3 Å². The molecule has 3 rings (SSSR count). The summed E-state index contributed by atoms with van der Waals surface area (Å²) in [5, 5.41) is 9.53. The number of carbonyl (C=O) groups excluding carboxylic acids is 1. The molecular formula is C16H21NO4S2. The van der Waals surface area contributed by atoms with Crippen LogP contribution in [0.25, 0.3) is 0 Å². The third-order valence-corrected chi connectivity index (χ3v) is 6.43. The lowest BCUT2D eigenvalue weighted by atomic mass is 9.92. The molecule has 1 aliphatic carbocycles. The molecule has 0 aromatic rings. The Labute approximate surface area is 145 Å². The minimum Gasteiger partial charge on any atom is -0.480 e. The van der Waals surface area contributed by atoms with Crippen molar-refractivity contribution in [3.63, 3.8) is 0 Å². The molecule has 2 aliphatic heterocycles. The number of nitrogens with zero attached hydrogens (tertiary/aromatic N) is 1. The number of epoxide rings is 1. The van der Waals surface area contributed by atoms with Gasteiger partial charge in [-0.25, -0.2) is 4.79 Å². The van der Waals surface area contributed by atoms with E-state index in [9.17, 15) is 14.7 Å². The van der Waals surface area contributed by atoms with Crippen molar-refractivity contribution >= 4 is 36.3 Å². The molecular weight excluding hydrogens is 334 g/mol. The van der Waals surface area contributed by atoms with Crippen molar-refractivity contribution in [2.24, 2.45) is 5.92 Å². The summed E-state index contributed by atoms with van der Waals surface area (Å²) >= 11 is 5.83. The van der Waals surface area contributed by atoms with Gasteiger partial charge >= 0.3 is 5.97 Å². The zero-order valence-corrected chi connectivity index (χ0v) is 14.8. The maximum absolute atomic E-state index is 12.9. The Kier molecular flexibility index (Phi) is 4.55. The summed E-state index contributed by atoms with van der Waals surface area (Å²) in [6, 6.07) is -0.799. The third-order valence-electron chi connectivity index (χ3n) is 4.62. The number of aliphatic carboxylic acids is 1. The highest BCUT2D eigenvalue weighted by molar-refractivity contribution is 8.00. The lowest BCUT2D eigenvalue weighted by Crippen LogP contribution is -2.50. The van der Waals surface area contributed by atoms with Crippen molar-refractivity contribution < 1.29 is 19.4 Å². The number of thioether (sulfide) groups is 1. The number of hydrogen-bond acceptors (Lipinski definition) is 5. The van der Waals surface area contributed by atoms with Gasteiger partial charge in [-0.15, -0.1) is 11.8 Å². The van der Waals surface area contributed by atoms with E-state index >= 15 is 0 Å². The third kappa shape index (κ3) is 3.19. The highest BCUT2D eigenvalue weighted by Crippen LogP contribution is 2.41. The molecule has 2 fully saturated rings. The quantitative estimate of drug-likeness (QED) is 0.583. The van der Waals surface area contributed by atoms with E-state index in [1.54, 1.807) is 0 Å². The zero-order chi connectivity index (χ0) is 16.8. The molecule has 3 aliphatic rings. The van der Waals surface area contributed by atoms with Crippen molar-refractivity contribution in [1.29, 1.82) is 0 Å². The molecule has 2 unspecified atom stereocenters. The molecule has 4 atom stereocenters. The largest absolute Gasteiger partial charge is 0.480 e. The van der Waals surface area contributed by atoms with E-state index in [0.29, 0.717) is 18.1 Å². The van der Waals surface area contributed by atoms with Gasteiger partial charge in [0.15, 0.2) is 0 Å². The van der Waals surface area contributed by atoms with Gasteiger partial charge in [-0.3, -0.25) is 4.79 Å². The number of amides is 1. The van der Waals surface area contributed by atoms with Crippen LogP contribution in [0.5, 0.6) is 0 Å². The Hall–Kier alpha value is -0.920. The average molecular weight is 355 g/mol. The monoisotopic (exact) mass is 355 g/mol. The van der Waals surface area contributed by atoms with Crippen LogP contribution in [-0.4, -0.2) is 56.5 Å². The van der Waals surface area contributed by atoms with Gasteiger partial charge in [-0.1, -0.05) is 18.2 Å². The van der Waals surface area contributed by atoms with Crippen LogP contribution in [0, 0.1) is 5.92 Å². The Morgan fingerprint density at radius 2 is 2.30 bits per heavy atom. The number of carboxylic acid groups (broad SMARTS) is 1. The summed E-state index contributed by atoms with van der Waals surface area (Å²) in [6.07, 6.45) is 6.77. The lowest BCUT2D eigenvalue weighted by molar-refractivity contribution is -0.151. The maximum Gasteiger partial charge on any atom is 0.327 e. The number of carbonyl (C=O) groups is 2. The van der Waals surface area contributed by atoms with Gasteiger partial charge < -0.3 is 14.7 Å². The fraction of sp³-hybridized carbons (Fsp3) is 0.625. The fourth-order valence-corrected chi connectivity index (χ4v) is 4.69. The Morgan fingerprint density at radius 1 is 1.57 bits per heavy atom. The van der Waals surface area contributed by atoms with E-state index in [2.05, 4.69) is 12.6 Å². The number of ether oxygens (including phenoxy) is 1. The smallest absolute Gasteiger partial charge is 0.327 e. The van der Waals surface area contributed by atoms with Crippen LogP contribution < -0.4 is 0 Å². The van der Waals surface area contributed by atoms with E-state index in [4.69, 9.17) is 4.74 Å². The first-order valence-electron chi connectivity index (χ1n) is 7.66. The summed E-state index contributed by atoms with van der Waals surface area (Å²) in [7, 11) is 0. The first kappa shape index (κ1) is 16.9. The summed E-state index contributed by atoms with van der Waals surface area (Å²) < 4.78 is 5.04. The van der Waals surface area contributed by atoms with Gasteiger partial charge in [-0.2, -0.15) is 12.6 Å². The van der Waals surface area contributed by atoms with Gasteiger partial charge in [0.25, 0.3) is 0 Å². The van der Waals surface area contributed by atoms with Crippen molar-refractivity contribution in [3.05, 3.63) is 23.8 Å². The van der Waals surface area contributed by atoms with E-state index in [1.807, 2.05) is 32.1 Å². The van der Waals surface area contributed by atoms with Crippen LogP contribution in [0.2, 0.25) is 0 Å². The number of carboxylic acids is 1. The fourth-order valence-electron chi connectivity index (χ4n) is 3.27. The number of thiol groups is 1. The van der Waals surface area contributed by atoms with Gasteiger partial charge in [-0.05, 0) is 25.8 Å². The van der Waals surface area contributed by atoms with Crippen LogP contribution in [0.4, 0.5) is 0 Å². The molecule has 126 valence electrons. The first-order chi connectivity index (χ1) is 10.8.